The van der Waals surface area contributed by atoms with Gasteiger partial charge in [-0.25, -0.2) is 5.01 Å². The van der Waals surface area contributed by atoms with Gasteiger partial charge in [0.25, 0.3) is 11.8 Å². The van der Waals surface area contributed by atoms with E-state index in [1.807, 2.05) is 56.4 Å². The molecule has 1 atom stereocenters. The third-order valence-electron chi connectivity index (χ3n) is 6.50. The highest BCUT2D eigenvalue weighted by molar-refractivity contribution is 9.10. The van der Waals surface area contributed by atoms with Crippen molar-refractivity contribution in [2.45, 2.75) is 31.1 Å². The van der Waals surface area contributed by atoms with Gasteiger partial charge in [-0.1, -0.05) is 87.9 Å². The molecule has 0 saturated carbocycles. The van der Waals surface area contributed by atoms with Gasteiger partial charge < -0.3 is 9.88 Å². The van der Waals surface area contributed by atoms with E-state index in [2.05, 4.69) is 55.7 Å². The Morgan fingerprint density at radius 3 is 2.44 bits per heavy atom. The lowest BCUT2D eigenvalue weighted by atomic mass is 9.98. The van der Waals surface area contributed by atoms with Crippen LogP contribution in [0.1, 0.15) is 45.3 Å². The van der Waals surface area contributed by atoms with Crippen molar-refractivity contribution in [1.29, 1.82) is 0 Å². The number of hydrogen-bond donors (Lipinski definition) is 1. The summed E-state index contributed by atoms with van der Waals surface area (Å²) in [7, 11) is 1.82. The summed E-state index contributed by atoms with van der Waals surface area (Å²) in [6.07, 6.45) is 0.635. The van der Waals surface area contributed by atoms with Gasteiger partial charge in [-0.2, -0.15) is 5.10 Å². The van der Waals surface area contributed by atoms with Crippen molar-refractivity contribution >= 4 is 45.2 Å². The minimum atomic E-state index is -0.182. The third-order valence-corrected chi connectivity index (χ3v) is 8.03. The van der Waals surface area contributed by atoms with Gasteiger partial charge in [-0.3, -0.25) is 9.59 Å². The molecule has 0 radical (unpaired) electrons. The highest BCUT2D eigenvalue weighted by Crippen LogP contribution is 2.34. The van der Waals surface area contributed by atoms with Crippen molar-refractivity contribution in [3.8, 4) is 0 Å². The van der Waals surface area contributed by atoms with Crippen molar-refractivity contribution < 1.29 is 9.59 Å². The van der Waals surface area contributed by atoms with Crippen LogP contribution in [-0.2, 0) is 18.4 Å². The number of hydrazone groups is 1. The number of nitrogens with one attached hydrogen (secondary N) is 1. The topological polar surface area (TPSA) is 92.5 Å². The van der Waals surface area contributed by atoms with Crippen LogP contribution in [0.2, 0.25) is 0 Å². The van der Waals surface area contributed by atoms with Gasteiger partial charge >= 0.3 is 0 Å². The van der Waals surface area contributed by atoms with E-state index in [0.29, 0.717) is 23.0 Å². The number of hydrogen-bond acceptors (Lipinski definition) is 6. The van der Waals surface area contributed by atoms with Crippen LogP contribution in [0.5, 0.6) is 0 Å². The van der Waals surface area contributed by atoms with Crippen molar-refractivity contribution in [1.82, 2.24) is 25.1 Å². The standard InChI is InChI=1S/C29H27BrN6O2S/c1-19-8-10-21(11-9-19)25-16-24(20-12-14-23(30)15-13-20)34-36(25)27(37)18-39-29-33-32-26(35(29)2)17-31-28(38)22-6-4-3-5-7-22/h3-15,25H,16-18H2,1-2H3,(H,31,38). The fraction of sp³-hybridized carbons (Fsp3) is 0.207. The molecule has 2 amide bonds. The van der Waals surface area contributed by atoms with E-state index >= 15 is 0 Å². The number of benzene rings is 3. The Labute approximate surface area is 239 Å². The summed E-state index contributed by atoms with van der Waals surface area (Å²) in [5.74, 6) is 0.462. The smallest absolute Gasteiger partial charge is 0.253 e. The summed E-state index contributed by atoms with van der Waals surface area (Å²) in [4.78, 5) is 25.8. The zero-order valence-electron chi connectivity index (χ0n) is 21.5. The number of aromatic nitrogens is 3. The number of rotatable bonds is 8. The molecule has 5 rings (SSSR count). The van der Waals surface area contributed by atoms with Crippen LogP contribution in [0, 0.1) is 6.92 Å². The van der Waals surface area contributed by atoms with Gasteiger partial charge in [-0.05, 0) is 42.3 Å². The fourth-order valence-electron chi connectivity index (χ4n) is 4.27. The molecule has 1 unspecified atom stereocenters. The quantitative estimate of drug-likeness (QED) is 0.277. The van der Waals surface area contributed by atoms with E-state index in [-0.39, 0.29) is 30.2 Å². The summed E-state index contributed by atoms with van der Waals surface area (Å²) in [6.45, 7) is 2.28. The SMILES string of the molecule is Cc1ccc(C2CC(c3ccc(Br)cc3)=NN2C(=O)CSc2nnc(CNC(=O)c3ccccc3)n2C)cc1. The molecule has 0 fully saturated rings. The lowest BCUT2D eigenvalue weighted by Gasteiger charge is -2.22. The predicted molar refractivity (Wildman–Crippen MR) is 155 cm³/mol. The van der Waals surface area contributed by atoms with Crippen LogP contribution in [0.4, 0.5) is 0 Å². The van der Waals surface area contributed by atoms with Crippen LogP contribution in [-0.4, -0.2) is 43.1 Å². The Bertz CT molecular complexity index is 1500. The number of nitrogens with zero attached hydrogens (tertiary/aromatic N) is 5. The van der Waals surface area contributed by atoms with Gasteiger partial charge in [-0.15, -0.1) is 10.2 Å². The molecule has 0 bridgehead atoms. The summed E-state index contributed by atoms with van der Waals surface area (Å²) in [5.41, 5.74) is 4.66. The molecule has 1 aromatic heterocycles. The molecule has 10 heteroatoms. The minimum Gasteiger partial charge on any atom is -0.345 e. The molecular formula is C29H27BrN6O2S. The summed E-state index contributed by atoms with van der Waals surface area (Å²) >= 11 is 4.78. The number of thioether (sulfide) groups is 1. The average Bonchev–Trinajstić information content (AvgIpc) is 3.55. The summed E-state index contributed by atoms with van der Waals surface area (Å²) < 4.78 is 2.79. The molecule has 1 N–H and O–H groups in total. The van der Waals surface area contributed by atoms with Crippen LogP contribution in [0.15, 0.2) is 93.6 Å². The molecule has 3 aromatic carbocycles. The number of amides is 2. The van der Waals surface area contributed by atoms with E-state index in [1.165, 1.54) is 11.8 Å². The maximum absolute atomic E-state index is 13.5. The molecule has 1 aliphatic rings. The molecule has 8 nitrogen and oxygen atoms in total. The monoisotopic (exact) mass is 602 g/mol. The third kappa shape index (κ3) is 6.29. The number of halogens is 1. The summed E-state index contributed by atoms with van der Waals surface area (Å²) in [5, 5.41) is 18.3. The molecule has 0 saturated heterocycles. The van der Waals surface area contributed by atoms with Gasteiger partial charge in [0.05, 0.1) is 24.1 Å². The van der Waals surface area contributed by atoms with E-state index in [0.717, 1.165) is 26.9 Å². The predicted octanol–water partition coefficient (Wildman–Crippen LogP) is 5.29. The molecule has 2 heterocycles. The van der Waals surface area contributed by atoms with Crippen molar-refractivity contribution in [2.75, 3.05) is 5.75 Å². The van der Waals surface area contributed by atoms with Gasteiger partial charge in [0, 0.05) is 23.5 Å². The van der Waals surface area contributed by atoms with E-state index in [9.17, 15) is 9.59 Å². The lowest BCUT2D eigenvalue weighted by Crippen LogP contribution is -2.28. The molecule has 0 spiro atoms. The second kappa shape index (κ2) is 12.0. The Morgan fingerprint density at radius 1 is 1.00 bits per heavy atom. The Morgan fingerprint density at radius 2 is 1.72 bits per heavy atom. The molecular weight excluding hydrogens is 576 g/mol. The normalized spacial score (nSPS) is 14.8. The highest BCUT2D eigenvalue weighted by atomic mass is 79.9. The minimum absolute atomic E-state index is 0.111. The first-order valence-electron chi connectivity index (χ1n) is 12.5. The first-order chi connectivity index (χ1) is 18.9. The number of carbonyl (C=O) groups excluding carboxylic acids is 2. The number of carbonyl (C=O) groups is 2. The Hall–Kier alpha value is -3.76. The molecule has 39 heavy (non-hydrogen) atoms. The first-order valence-corrected chi connectivity index (χ1v) is 14.2. The Kier molecular flexibility index (Phi) is 8.23. The molecule has 0 aliphatic carbocycles. The summed E-state index contributed by atoms with van der Waals surface area (Å²) in [6, 6.07) is 25.0. The van der Waals surface area contributed by atoms with Crippen LogP contribution >= 0.6 is 27.7 Å². The average molecular weight is 604 g/mol. The van der Waals surface area contributed by atoms with E-state index in [4.69, 9.17) is 5.10 Å². The van der Waals surface area contributed by atoms with E-state index < -0.39 is 0 Å². The molecule has 4 aromatic rings. The van der Waals surface area contributed by atoms with Gasteiger partial charge in [0.15, 0.2) is 11.0 Å². The lowest BCUT2D eigenvalue weighted by molar-refractivity contribution is -0.130. The van der Waals surface area contributed by atoms with Crippen LogP contribution < -0.4 is 5.32 Å². The van der Waals surface area contributed by atoms with Crippen LogP contribution in [0.3, 0.4) is 0 Å². The Balaban J connectivity index is 1.27. The van der Waals surface area contributed by atoms with Crippen molar-refractivity contribution in [3.63, 3.8) is 0 Å². The first kappa shape index (κ1) is 26.8. The molecule has 198 valence electrons. The zero-order chi connectivity index (χ0) is 27.4. The van der Waals surface area contributed by atoms with Crippen LogP contribution in [0.25, 0.3) is 0 Å². The second-order valence-corrected chi connectivity index (χ2v) is 11.1. The van der Waals surface area contributed by atoms with Gasteiger partial charge in [0.2, 0.25) is 0 Å². The largest absolute Gasteiger partial charge is 0.345 e. The van der Waals surface area contributed by atoms with Crippen molar-refractivity contribution in [3.05, 3.63) is 111 Å². The fourth-order valence-corrected chi connectivity index (χ4v) is 5.32. The molecule has 1 aliphatic heterocycles. The van der Waals surface area contributed by atoms with Crippen molar-refractivity contribution in [2.24, 2.45) is 12.1 Å². The van der Waals surface area contributed by atoms with Gasteiger partial charge in [0.1, 0.15) is 0 Å². The maximum Gasteiger partial charge on any atom is 0.253 e. The highest BCUT2D eigenvalue weighted by Gasteiger charge is 2.33. The zero-order valence-corrected chi connectivity index (χ0v) is 23.9. The second-order valence-electron chi connectivity index (χ2n) is 9.22. The maximum atomic E-state index is 13.5. The number of aryl methyl sites for hydroxylation is 1. The van der Waals surface area contributed by atoms with E-state index in [1.54, 1.807) is 21.7 Å².